The minimum Gasteiger partial charge on any atom is -0.383 e. The van der Waals surface area contributed by atoms with E-state index in [0.29, 0.717) is 6.61 Å². The summed E-state index contributed by atoms with van der Waals surface area (Å²) >= 11 is 0. The van der Waals surface area contributed by atoms with Crippen LogP contribution in [0.5, 0.6) is 0 Å². The number of hydrogen-bond acceptors (Lipinski definition) is 4. The van der Waals surface area contributed by atoms with Crippen molar-refractivity contribution in [1.29, 1.82) is 0 Å². The first-order chi connectivity index (χ1) is 9.80. The Bertz CT molecular complexity index is 270. The molecule has 0 saturated carbocycles. The zero-order chi connectivity index (χ0) is 14.6. The number of piperazine rings is 1. The molecule has 1 fully saturated rings. The van der Waals surface area contributed by atoms with Crippen LogP contribution in [0.3, 0.4) is 0 Å². The van der Waals surface area contributed by atoms with E-state index in [4.69, 9.17) is 4.74 Å². The lowest BCUT2D eigenvalue weighted by molar-refractivity contribution is 0.140. The second-order valence-corrected chi connectivity index (χ2v) is 4.96. The van der Waals surface area contributed by atoms with Crippen LogP contribution in [0.25, 0.3) is 0 Å². The number of aliphatic imine (C=N–C) groups is 1. The van der Waals surface area contributed by atoms with E-state index in [2.05, 4.69) is 39.3 Å². The highest BCUT2D eigenvalue weighted by Gasteiger charge is 2.14. The monoisotopic (exact) mass is 413 g/mol. The highest BCUT2D eigenvalue weighted by Crippen LogP contribution is 2.00. The average molecular weight is 413 g/mol. The Labute approximate surface area is 146 Å². The largest absolute Gasteiger partial charge is 0.383 e. The minimum atomic E-state index is 0. The number of nitrogens with one attached hydrogen (secondary N) is 2. The van der Waals surface area contributed by atoms with E-state index in [0.717, 1.165) is 45.2 Å². The number of nitrogens with zero attached hydrogens (tertiary/aromatic N) is 3. The summed E-state index contributed by atoms with van der Waals surface area (Å²) < 4.78 is 5.03. The van der Waals surface area contributed by atoms with Gasteiger partial charge in [-0.25, -0.2) is 0 Å². The van der Waals surface area contributed by atoms with Gasteiger partial charge in [0.1, 0.15) is 0 Å². The summed E-state index contributed by atoms with van der Waals surface area (Å²) in [5, 5.41) is 6.51. The van der Waals surface area contributed by atoms with Gasteiger partial charge in [-0.1, -0.05) is 6.92 Å². The van der Waals surface area contributed by atoms with Crippen molar-refractivity contribution in [3.05, 3.63) is 0 Å². The number of guanidine groups is 1. The molecule has 0 radical (unpaired) electrons. The summed E-state index contributed by atoms with van der Waals surface area (Å²) in [6, 6.07) is 0. The highest BCUT2D eigenvalue weighted by atomic mass is 127. The Morgan fingerprint density at radius 3 is 2.33 bits per heavy atom. The van der Waals surface area contributed by atoms with E-state index in [1.54, 1.807) is 7.11 Å². The lowest BCUT2D eigenvalue weighted by Gasteiger charge is -2.33. The van der Waals surface area contributed by atoms with E-state index in [1.807, 2.05) is 0 Å². The van der Waals surface area contributed by atoms with Crippen molar-refractivity contribution in [2.45, 2.75) is 13.8 Å². The molecule has 1 rings (SSSR count). The van der Waals surface area contributed by atoms with Gasteiger partial charge in [0.05, 0.1) is 13.2 Å². The molecular weight excluding hydrogens is 381 g/mol. The quantitative estimate of drug-likeness (QED) is 0.262. The van der Waals surface area contributed by atoms with Crippen LogP contribution < -0.4 is 10.6 Å². The molecule has 0 bridgehead atoms. The molecule has 126 valence electrons. The summed E-state index contributed by atoms with van der Waals surface area (Å²) in [6.45, 7) is 14.4. The average Bonchev–Trinajstić information content (AvgIpc) is 2.48. The van der Waals surface area contributed by atoms with Crippen molar-refractivity contribution in [3.63, 3.8) is 0 Å². The fraction of sp³-hybridized carbons (Fsp3) is 0.929. The maximum absolute atomic E-state index is 5.03. The molecule has 0 atom stereocenters. The minimum absolute atomic E-state index is 0. The highest BCUT2D eigenvalue weighted by molar-refractivity contribution is 14.0. The van der Waals surface area contributed by atoms with Crippen molar-refractivity contribution in [1.82, 2.24) is 20.4 Å². The third-order valence-electron chi connectivity index (χ3n) is 3.54. The van der Waals surface area contributed by atoms with Gasteiger partial charge in [0.25, 0.3) is 0 Å². The van der Waals surface area contributed by atoms with Crippen molar-refractivity contribution in [2.24, 2.45) is 4.99 Å². The van der Waals surface area contributed by atoms with Crippen molar-refractivity contribution in [2.75, 3.05) is 72.6 Å². The summed E-state index contributed by atoms with van der Waals surface area (Å²) in [6.07, 6.45) is 0. The Hall–Kier alpha value is -0.120. The van der Waals surface area contributed by atoms with E-state index in [-0.39, 0.29) is 24.0 Å². The van der Waals surface area contributed by atoms with Crippen molar-refractivity contribution < 1.29 is 4.74 Å². The summed E-state index contributed by atoms with van der Waals surface area (Å²) in [5.74, 6) is 0.886. The molecule has 0 aromatic carbocycles. The molecule has 7 heteroatoms. The SMILES string of the molecule is CCNC(=NCCN1CCN(CC)CC1)NCCOC.I. The standard InChI is InChI=1S/C14H31N5O.HI/c1-4-15-14(17-7-13-20-3)16-6-8-19-11-9-18(5-2)10-12-19;/h4-13H2,1-3H3,(H2,15,16,17);1H. The first-order valence-corrected chi connectivity index (χ1v) is 7.76. The summed E-state index contributed by atoms with van der Waals surface area (Å²) in [4.78, 5) is 9.59. The molecule has 0 amide bonds. The smallest absolute Gasteiger partial charge is 0.191 e. The molecule has 1 saturated heterocycles. The fourth-order valence-corrected chi connectivity index (χ4v) is 2.25. The van der Waals surface area contributed by atoms with E-state index < -0.39 is 0 Å². The predicted octanol–water partition coefficient (Wildman–Crippen LogP) is 0.443. The van der Waals surface area contributed by atoms with Gasteiger partial charge in [-0.05, 0) is 13.5 Å². The van der Waals surface area contributed by atoms with Crippen LogP contribution in [0.2, 0.25) is 0 Å². The normalized spacial score (nSPS) is 17.4. The molecule has 0 aromatic rings. The first kappa shape index (κ1) is 20.9. The Balaban J connectivity index is 0.00000400. The molecule has 0 aliphatic carbocycles. The topological polar surface area (TPSA) is 52.1 Å². The number of methoxy groups -OCH3 is 1. The van der Waals surface area contributed by atoms with E-state index >= 15 is 0 Å². The molecule has 1 heterocycles. The van der Waals surface area contributed by atoms with Crippen LogP contribution >= 0.6 is 24.0 Å². The lowest BCUT2D eigenvalue weighted by Crippen LogP contribution is -2.47. The molecule has 2 N–H and O–H groups in total. The maximum atomic E-state index is 5.03. The Kier molecular flexibility index (Phi) is 13.5. The Morgan fingerprint density at radius 1 is 1.10 bits per heavy atom. The molecular formula is C14H32IN5O. The van der Waals surface area contributed by atoms with Crippen LogP contribution in [-0.4, -0.2) is 88.4 Å². The number of halogens is 1. The fourth-order valence-electron chi connectivity index (χ4n) is 2.25. The molecule has 0 spiro atoms. The third-order valence-corrected chi connectivity index (χ3v) is 3.54. The molecule has 0 aromatic heterocycles. The van der Waals surface area contributed by atoms with Gasteiger partial charge in [0.2, 0.25) is 0 Å². The zero-order valence-corrected chi connectivity index (χ0v) is 16.1. The summed E-state index contributed by atoms with van der Waals surface area (Å²) in [5.41, 5.74) is 0. The van der Waals surface area contributed by atoms with Gasteiger partial charge < -0.3 is 20.3 Å². The lowest BCUT2D eigenvalue weighted by atomic mass is 10.3. The van der Waals surface area contributed by atoms with Crippen LogP contribution in [0.1, 0.15) is 13.8 Å². The molecule has 1 aliphatic heterocycles. The van der Waals surface area contributed by atoms with E-state index in [1.165, 1.54) is 19.6 Å². The number of rotatable bonds is 8. The first-order valence-electron chi connectivity index (χ1n) is 7.76. The van der Waals surface area contributed by atoms with Crippen LogP contribution in [0.15, 0.2) is 4.99 Å². The molecule has 1 aliphatic rings. The maximum Gasteiger partial charge on any atom is 0.191 e. The van der Waals surface area contributed by atoms with Gasteiger partial charge in [0, 0.05) is 52.9 Å². The summed E-state index contributed by atoms with van der Waals surface area (Å²) in [7, 11) is 1.71. The number of hydrogen-bond donors (Lipinski definition) is 2. The van der Waals surface area contributed by atoms with Gasteiger partial charge in [-0.2, -0.15) is 0 Å². The van der Waals surface area contributed by atoms with Crippen molar-refractivity contribution in [3.8, 4) is 0 Å². The van der Waals surface area contributed by atoms with Crippen LogP contribution in [0, 0.1) is 0 Å². The zero-order valence-electron chi connectivity index (χ0n) is 13.7. The molecule has 21 heavy (non-hydrogen) atoms. The molecule has 0 unspecified atom stereocenters. The number of likely N-dealkylation sites (N-methyl/N-ethyl adjacent to an activating group) is 1. The van der Waals surface area contributed by atoms with Crippen molar-refractivity contribution >= 4 is 29.9 Å². The Morgan fingerprint density at radius 2 is 1.76 bits per heavy atom. The molecule has 6 nitrogen and oxygen atoms in total. The van der Waals surface area contributed by atoms with Gasteiger partial charge in [-0.3, -0.25) is 9.89 Å². The number of ether oxygens (including phenoxy) is 1. The van der Waals surface area contributed by atoms with Crippen LogP contribution in [0.4, 0.5) is 0 Å². The third kappa shape index (κ3) is 9.49. The van der Waals surface area contributed by atoms with Crippen LogP contribution in [-0.2, 0) is 4.74 Å². The van der Waals surface area contributed by atoms with Gasteiger partial charge in [0.15, 0.2) is 5.96 Å². The predicted molar refractivity (Wildman–Crippen MR) is 99.8 cm³/mol. The van der Waals surface area contributed by atoms with Gasteiger partial charge in [-0.15, -0.1) is 24.0 Å². The second kappa shape index (κ2) is 13.5. The van der Waals surface area contributed by atoms with E-state index in [9.17, 15) is 0 Å². The second-order valence-electron chi connectivity index (χ2n) is 4.96. The van der Waals surface area contributed by atoms with Gasteiger partial charge >= 0.3 is 0 Å².